The number of hydrogen-bond donors (Lipinski definition) is 1. The zero-order valence-electron chi connectivity index (χ0n) is 12.7. The molecule has 0 saturated heterocycles. The van der Waals surface area contributed by atoms with Gasteiger partial charge in [-0.05, 0) is 18.4 Å². The van der Waals surface area contributed by atoms with Crippen molar-refractivity contribution in [3.05, 3.63) is 35.7 Å². The summed E-state index contributed by atoms with van der Waals surface area (Å²) in [6, 6.07) is 7.90. The summed E-state index contributed by atoms with van der Waals surface area (Å²) in [6.45, 7) is 6.57. The molecule has 5 heteroatoms. The van der Waals surface area contributed by atoms with Gasteiger partial charge in [-0.25, -0.2) is 0 Å². The van der Waals surface area contributed by atoms with Crippen molar-refractivity contribution < 1.29 is 9.32 Å². The summed E-state index contributed by atoms with van der Waals surface area (Å²) in [6.07, 6.45) is 1.08. The average Bonchev–Trinajstić information content (AvgIpc) is 2.87. The van der Waals surface area contributed by atoms with Crippen LogP contribution in [0.4, 0.5) is 0 Å². The van der Waals surface area contributed by atoms with Gasteiger partial charge in [-0.15, -0.1) is 0 Å². The third-order valence-corrected chi connectivity index (χ3v) is 3.11. The molecule has 1 amide bonds. The van der Waals surface area contributed by atoms with Crippen LogP contribution >= 0.6 is 0 Å². The molecule has 0 aliphatic heterocycles. The Kier molecular flexibility index (Phi) is 5.09. The molecule has 112 valence electrons. The molecule has 0 fully saturated rings. The van der Waals surface area contributed by atoms with Crippen LogP contribution in [-0.4, -0.2) is 22.6 Å². The van der Waals surface area contributed by atoms with Gasteiger partial charge in [-0.3, -0.25) is 4.79 Å². The van der Waals surface area contributed by atoms with E-state index >= 15 is 0 Å². The van der Waals surface area contributed by atoms with E-state index in [-0.39, 0.29) is 5.91 Å². The summed E-state index contributed by atoms with van der Waals surface area (Å²) >= 11 is 0. The average molecular weight is 287 g/mol. The maximum Gasteiger partial charge on any atom is 0.228 e. The van der Waals surface area contributed by atoms with Crippen molar-refractivity contribution in [1.29, 1.82) is 0 Å². The lowest BCUT2D eigenvalue weighted by Gasteiger charge is -2.05. The van der Waals surface area contributed by atoms with Crippen molar-refractivity contribution in [2.75, 3.05) is 6.54 Å². The highest BCUT2D eigenvalue weighted by molar-refractivity contribution is 5.76. The summed E-state index contributed by atoms with van der Waals surface area (Å²) in [5, 5.41) is 6.85. The summed E-state index contributed by atoms with van der Waals surface area (Å²) in [5.74, 6) is 1.56. The van der Waals surface area contributed by atoms with E-state index in [0.29, 0.717) is 37.0 Å². The number of hydrogen-bond acceptors (Lipinski definition) is 4. The van der Waals surface area contributed by atoms with Crippen molar-refractivity contribution in [2.24, 2.45) is 5.92 Å². The Bertz CT molecular complexity index is 605. The SMILES string of the molecule is Cc1ccccc1-c1noc(CCNC(=O)CC(C)C)n1. The molecule has 1 N–H and O–H groups in total. The molecule has 5 nitrogen and oxygen atoms in total. The Morgan fingerprint density at radius 1 is 1.33 bits per heavy atom. The standard InChI is InChI=1S/C16H21N3O2/c1-11(2)10-14(20)17-9-8-15-18-16(19-21-15)13-7-5-4-6-12(13)3/h4-7,11H,8-10H2,1-3H3,(H,17,20). The van der Waals surface area contributed by atoms with Crippen molar-refractivity contribution in [3.63, 3.8) is 0 Å². The highest BCUT2D eigenvalue weighted by Crippen LogP contribution is 2.19. The maximum atomic E-state index is 11.5. The van der Waals surface area contributed by atoms with E-state index in [1.165, 1.54) is 0 Å². The van der Waals surface area contributed by atoms with Crippen molar-refractivity contribution >= 4 is 5.91 Å². The fraction of sp³-hybridized carbons (Fsp3) is 0.438. The van der Waals surface area contributed by atoms with E-state index in [1.807, 2.05) is 45.0 Å². The second-order valence-electron chi connectivity index (χ2n) is 5.52. The monoisotopic (exact) mass is 287 g/mol. The first-order chi connectivity index (χ1) is 10.1. The molecule has 0 saturated carbocycles. The van der Waals surface area contributed by atoms with Crippen LogP contribution in [0.2, 0.25) is 0 Å². The summed E-state index contributed by atoms with van der Waals surface area (Å²) < 4.78 is 5.22. The lowest BCUT2D eigenvalue weighted by atomic mass is 10.1. The molecule has 0 radical (unpaired) electrons. The highest BCUT2D eigenvalue weighted by atomic mass is 16.5. The van der Waals surface area contributed by atoms with Gasteiger partial charge < -0.3 is 9.84 Å². The van der Waals surface area contributed by atoms with Crippen LogP contribution in [-0.2, 0) is 11.2 Å². The van der Waals surface area contributed by atoms with Crippen LogP contribution in [0.15, 0.2) is 28.8 Å². The molecule has 0 aliphatic carbocycles. The van der Waals surface area contributed by atoms with Gasteiger partial charge in [-0.2, -0.15) is 4.98 Å². The van der Waals surface area contributed by atoms with Gasteiger partial charge in [0.2, 0.25) is 17.6 Å². The zero-order chi connectivity index (χ0) is 15.2. The number of aryl methyl sites for hydroxylation is 1. The Morgan fingerprint density at radius 3 is 2.81 bits per heavy atom. The summed E-state index contributed by atoms with van der Waals surface area (Å²) in [7, 11) is 0. The fourth-order valence-electron chi connectivity index (χ4n) is 2.04. The predicted molar refractivity (Wildman–Crippen MR) is 80.6 cm³/mol. The topological polar surface area (TPSA) is 68.0 Å². The zero-order valence-corrected chi connectivity index (χ0v) is 12.7. The van der Waals surface area contributed by atoms with E-state index in [9.17, 15) is 4.79 Å². The van der Waals surface area contributed by atoms with Gasteiger partial charge in [0.15, 0.2) is 0 Å². The van der Waals surface area contributed by atoms with Crippen LogP contribution in [0.1, 0.15) is 31.7 Å². The largest absolute Gasteiger partial charge is 0.356 e. The van der Waals surface area contributed by atoms with Gasteiger partial charge in [0.05, 0.1) is 0 Å². The molecule has 0 aliphatic rings. The predicted octanol–water partition coefficient (Wildman–Crippen LogP) is 2.75. The first-order valence-corrected chi connectivity index (χ1v) is 7.21. The normalized spacial score (nSPS) is 10.9. The van der Waals surface area contributed by atoms with Gasteiger partial charge in [0, 0.05) is 24.9 Å². The van der Waals surface area contributed by atoms with E-state index in [2.05, 4.69) is 15.5 Å². The van der Waals surface area contributed by atoms with Crippen molar-refractivity contribution in [3.8, 4) is 11.4 Å². The number of rotatable bonds is 6. The van der Waals surface area contributed by atoms with E-state index in [0.717, 1.165) is 11.1 Å². The minimum atomic E-state index is 0.0589. The number of benzene rings is 1. The Morgan fingerprint density at radius 2 is 2.10 bits per heavy atom. The molecule has 0 bridgehead atoms. The Hall–Kier alpha value is -2.17. The van der Waals surface area contributed by atoms with E-state index < -0.39 is 0 Å². The summed E-state index contributed by atoms with van der Waals surface area (Å²) in [5.41, 5.74) is 2.08. The van der Waals surface area contributed by atoms with Crippen LogP contribution in [0.3, 0.4) is 0 Å². The van der Waals surface area contributed by atoms with Gasteiger partial charge in [0.1, 0.15) is 0 Å². The number of aromatic nitrogens is 2. The minimum Gasteiger partial charge on any atom is -0.356 e. The third kappa shape index (κ3) is 4.41. The molecular weight excluding hydrogens is 266 g/mol. The second kappa shape index (κ2) is 7.02. The van der Waals surface area contributed by atoms with Crippen LogP contribution < -0.4 is 5.32 Å². The number of nitrogens with one attached hydrogen (secondary N) is 1. The quantitative estimate of drug-likeness (QED) is 0.887. The maximum absolute atomic E-state index is 11.5. The van der Waals surface area contributed by atoms with Gasteiger partial charge in [-0.1, -0.05) is 43.3 Å². The lowest BCUT2D eigenvalue weighted by molar-refractivity contribution is -0.121. The number of carbonyl (C=O) groups is 1. The van der Waals surface area contributed by atoms with Crippen LogP contribution in [0, 0.1) is 12.8 Å². The molecule has 0 unspecified atom stereocenters. The molecule has 0 atom stereocenters. The van der Waals surface area contributed by atoms with Crippen molar-refractivity contribution in [1.82, 2.24) is 15.5 Å². The second-order valence-corrected chi connectivity index (χ2v) is 5.52. The molecule has 1 aromatic heterocycles. The highest BCUT2D eigenvalue weighted by Gasteiger charge is 2.11. The summed E-state index contributed by atoms with van der Waals surface area (Å²) in [4.78, 5) is 15.9. The van der Waals surface area contributed by atoms with Crippen LogP contribution in [0.25, 0.3) is 11.4 Å². The molecule has 1 aromatic carbocycles. The molecule has 2 rings (SSSR count). The number of carbonyl (C=O) groups excluding carboxylic acids is 1. The number of nitrogens with zero attached hydrogens (tertiary/aromatic N) is 2. The Labute approximate surface area is 124 Å². The number of amides is 1. The van der Waals surface area contributed by atoms with Crippen LogP contribution in [0.5, 0.6) is 0 Å². The first-order valence-electron chi connectivity index (χ1n) is 7.21. The lowest BCUT2D eigenvalue weighted by Crippen LogP contribution is -2.26. The molecular formula is C16H21N3O2. The Balaban J connectivity index is 1.89. The van der Waals surface area contributed by atoms with Gasteiger partial charge in [0.25, 0.3) is 0 Å². The molecule has 0 spiro atoms. The smallest absolute Gasteiger partial charge is 0.228 e. The van der Waals surface area contributed by atoms with Crippen molar-refractivity contribution in [2.45, 2.75) is 33.6 Å². The molecule has 1 heterocycles. The van der Waals surface area contributed by atoms with Gasteiger partial charge >= 0.3 is 0 Å². The molecule has 2 aromatic rings. The fourth-order valence-corrected chi connectivity index (χ4v) is 2.04. The van der Waals surface area contributed by atoms with E-state index in [1.54, 1.807) is 0 Å². The van der Waals surface area contributed by atoms with E-state index in [4.69, 9.17) is 4.52 Å². The minimum absolute atomic E-state index is 0.0589. The molecule has 21 heavy (non-hydrogen) atoms. The third-order valence-electron chi connectivity index (χ3n) is 3.11. The first kappa shape index (κ1) is 15.2.